The fraction of sp³-hybridized carbons (Fsp3) is 0.333. The summed E-state index contributed by atoms with van der Waals surface area (Å²) < 4.78 is 10.9. The van der Waals surface area contributed by atoms with Crippen molar-refractivity contribution in [2.24, 2.45) is 0 Å². The number of benzene rings is 3. The number of methoxy groups -OCH3 is 2. The third-order valence-corrected chi connectivity index (χ3v) is 4.19. The molecule has 0 aromatic heterocycles. The topological polar surface area (TPSA) is 18.5 Å². The maximum Gasteiger partial charge on any atom is 0.122 e. The van der Waals surface area contributed by atoms with Crippen LogP contribution in [-0.2, 0) is 0 Å². The summed E-state index contributed by atoms with van der Waals surface area (Å²) in [5.74, 6) is 1.88. The quantitative estimate of drug-likeness (QED) is 0.543. The molecule has 0 saturated heterocycles. The minimum atomic E-state index is 0.937. The highest BCUT2D eigenvalue weighted by molar-refractivity contribution is 6.10. The molecule has 0 bridgehead atoms. The number of hydrogen-bond donors (Lipinski definition) is 0. The Bertz CT molecular complexity index is 848. The van der Waals surface area contributed by atoms with Gasteiger partial charge >= 0.3 is 0 Å². The van der Waals surface area contributed by atoms with E-state index in [1.165, 1.54) is 27.1 Å². The summed E-state index contributed by atoms with van der Waals surface area (Å²) in [5.41, 5.74) is 3.57. The lowest BCUT2D eigenvalue weighted by Crippen LogP contribution is -1.92. The molecule has 0 aliphatic heterocycles. The van der Waals surface area contributed by atoms with Crippen molar-refractivity contribution in [2.45, 2.75) is 34.6 Å². The lowest BCUT2D eigenvalue weighted by molar-refractivity contribution is 0.412. The van der Waals surface area contributed by atoms with Crippen molar-refractivity contribution in [1.29, 1.82) is 0 Å². The van der Waals surface area contributed by atoms with Gasteiger partial charge in [-0.05, 0) is 83.3 Å². The molecule has 0 aliphatic carbocycles. The van der Waals surface area contributed by atoms with Crippen LogP contribution in [0.25, 0.3) is 21.5 Å². The van der Waals surface area contributed by atoms with Crippen molar-refractivity contribution in [2.75, 3.05) is 14.2 Å². The van der Waals surface area contributed by atoms with Gasteiger partial charge in [0.25, 0.3) is 0 Å². The fourth-order valence-corrected chi connectivity index (χ4v) is 3.04. The van der Waals surface area contributed by atoms with Crippen molar-refractivity contribution < 1.29 is 9.47 Å². The first-order valence-corrected chi connectivity index (χ1v) is 8.11. The van der Waals surface area contributed by atoms with E-state index in [4.69, 9.17) is 9.47 Å². The van der Waals surface area contributed by atoms with E-state index in [1.807, 2.05) is 13.8 Å². The molecule has 2 nitrogen and oxygen atoms in total. The van der Waals surface area contributed by atoms with Gasteiger partial charge in [0, 0.05) is 0 Å². The van der Waals surface area contributed by atoms with Crippen molar-refractivity contribution in [3.63, 3.8) is 0 Å². The minimum absolute atomic E-state index is 0.937. The second-order valence-electron chi connectivity index (χ2n) is 5.60. The van der Waals surface area contributed by atoms with E-state index >= 15 is 0 Å². The summed E-state index contributed by atoms with van der Waals surface area (Å²) in [5, 5.41) is 5.00. The van der Waals surface area contributed by atoms with Crippen molar-refractivity contribution >= 4 is 21.5 Å². The maximum atomic E-state index is 5.46. The molecule has 0 fully saturated rings. The fourth-order valence-electron chi connectivity index (χ4n) is 3.04. The molecule has 3 aromatic carbocycles. The predicted octanol–water partition coefficient (Wildman–Crippen LogP) is 5.96. The zero-order chi connectivity index (χ0) is 17.1. The summed E-state index contributed by atoms with van der Waals surface area (Å²) in [7, 11) is 3.44. The first-order valence-electron chi connectivity index (χ1n) is 8.11. The molecule has 0 spiro atoms. The van der Waals surface area contributed by atoms with Gasteiger partial charge < -0.3 is 9.47 Å². The summed E-state index contributed by atoms with van der Waals surface area (Å²) in [6.07, 6.45) is 0. The first-order chi connectivity index (χ1) is 11.0. The molecule has 0 unspecified atom stereocenters. The largest absolute Gasteiger partial charge is 0.496 e. The molecule has 122 valence electrons. The molecule has 0 heterocycles. The van der Waals surface area contributed by atoms with E-state index in [-0.39, 0.29) is 0 Å². The van der Waals surface area contributed by atoms with Crippen LogP contribution in [0.2, 0.25) is 0 Å². The molecule has 0 amide bonds. The summed E-state index contributed by atoms with van der Waals surface area (Å²) in [6, 6.07) is 10.9. The maximum absolute atomic E-state index is 5.46. The summed E-state index contributed by atoms with van der Waals surface area (Å²) in [4.78, 5) is 0. The Balaban J connectivity index is 0.000000924. The predicted molar refractivity (Wildman–Crippen MR) is 100 cm³/mol. The van der Waals surface area contributed by atoms with E-state index in [0.717, 1.165) is 22.6 Å². The van der Waals surface area contributed by atoms with Crippen LogP contribution in [0.15, 0.2) is 30.3 Å². The van der Waals surface area contributed by atoms with E-state index < -0.39 is 0 Å². The van der Waals surface area contributed by atoms with Crippen LogP contribution in [0.4, 0.5) is 0 Å². The lowest BCUT2D eigenvalue weighted by Gasteiger charge is -2.14. The van der Waals surface area contributed by atoms with Crippen LogP contribution in [-0.4, -0.2) is 14.2 Å². The van der Waals surface area contributed by atoms with Crippen molar-refractivity contribution in [3.8, 4) is 11.5 Å². The van der Waals surface area contributed by atoms with Crippen molar-refractivity contribution in [3.05, 3.63) is 47.0 Å². The van der Waals surface area contributed by atoms with Gasteiger partial charge in [0.05, 0.1) is 14.2 Å². The number of hydrogen-bond acceptors (Lipinski definition) is 2. The van der Waals surface area contributed by atoms with Gasteiger partial charge in [-0.1, -0.05) is 19.9 Å². The standard InChI is InChI=1S/C19H20O2.C2H6/c1-11-6-14-9-18(20-4)12(2)7-16(14)17-8-13(3)19(21-5)10-15(11)17;1-2/h6-10H,1-5H3;1-2H3. The van der Waals surface area contributed by atoms with Crippen LogP contribution >= 0.6 is 0 Å². The average Bonchev–Trinajstić information content (AvgIpc) is 2.56. The number of rotatable bonds is 2. The molecule has 0 N–H and O–H groups in total. The second-order valence-corrected chi connectivity index (χ2v) is 5.60. The zero-order valence-electron chi connectivity index (χ0n) is 15.2. The Hall–Kier alpha value is -2.22. The van der Waals surface area contributed by atoms with Gasteiger partial charge in [0.2, 0.25) is 0 Å². The Morgan fingerprint density at radius 2 is 1.09 bits per heavy atom. The molecular formula is C21H26O2. The van der Waals surface area contributed by atoms with Crippen LogP contribution in [0.1, 0.15) is 30.5 Å². The van der Waals surface area contributed by atoms with Gasteiger partial charge in [0.15, 0.2) is 0 Å². The first kappa shape index (κ1) is 17.1. The second kappa shape index (κ2) is 6.91. The normalized spacial score (nSPS) is 10.4. The van der Waals surface area contributed by atoms with Gasteiger partial charge in [-0.3, -0.25) is 0 Å². The average molecular weight is 310 g/mol. The third kappa shape index (κ3) is 2.98. The number of ether oxygens (including phenoxy) is 2. The molecule has 2 heteroatoms. The number of fused-ring (bicyclic) bond motifs is 3. The van der Waals surface area contributed by atoms with Gasteiger partial charge in [-0.25, -0.2) is 0 Å². The molecule has 0 aliphatic rings. The van der Waals surface area contributed by atoms with Crippen LogP contribution in [0.5, 0.6) is 11.5 Å². The summed E-state index contributed by atoms with van der Waals surface area (Å²) >= 11 is 0. The Morgan fingerprint density at radius 1 is 0.565 bits per heavy atom. The van der Waals surface area contributed by atoms with E-state index in [2.05, 4.69) is 51.1 Å². The van der Waals surface area contributed by atoms with Gasteiger partial charge in [-0.2, -0.15) is 0 Å². The van der Waals surface area contributed by atoms with Crippen LogP contribution in [0.3, 0.4) is 0 Å². The highest BCUT2D eigenvalue weighted by Gasteiger charge is 2.10. The highest BCUT2D eigenvalue weighted by atomic mass is 16.5. The zero-order valence-corrected chi connectivity index (χ0v) is 15.2. The monoisotopic (exact) mass is 310 g/mol. The molecule has 0 radical (unpaired) electrons. The highest BCUT2D eigenvalue weighted by Crippen LogP contribution is 2.36. The Kier molecular flexibility index (Phi) is 5.15. The molecule has 0 atom stereocenters. The van der Waals surface area contributed by atoms with E-state index in [1.54, 1.807) is 14.2 Å². The van der Waals surface area contributed by atoms with Gasteiger partial charge in [-0.15, -0.1) is 0 Å². The van der Waals surface area contributed by atoms with Gasteiger partial charge in [0.1, 0.15) is 11.5 Å². The Labute approximate surface area is 139 Å². The molecule has 0 saturated carbocycles. The lowest BCUT2D eigenvalue weighted by atomic mass is 9.94. The SMILES string of the molecule is CC.COc1cc2cc(C)c3cc(OC)c(C)cc3c2cc1C. The van der Waals surface area contributed by atoms with Crippen molar-refractivity contribution in [1.82, 2.24) is 0 Å². The molecule has 23 heavy (non-hydrogen) atoms. The van der Waals surface area contributed by atoms with Crippen LogP contribution in [0, 0.1) is 20.8 Å². The third-order valence-electron chi connectivity index (χ3n) is 4.19. The molecule has 3 aromatic rings. The smallest absolute Gasteiger partial charge is 0.122 e. The number of aryl methyl sites for hydroxylation is 3. The van der Waals surface area contributed by atoms with Crippen LogP contribution < -0.4 is 9.47 Å². The minimum Gasteiger partial charge on any atom is -0.496 e. The molecular weight excluding hydrogens is 284 g/mol. The van der Waals surface area contributed by atoms with E-state index in [0.29, 0.717) is 0 Å². The Morgan fingerprint density at radius 3 is 1.65 bits per heavy atom. The molecule has 3 rings (SSSR count). The summed E-state index contributed by atoms with van der Waals surface area (Å²) in [6.45, 7) is 10.3. The van der Waals surface area contributed by atoms with E-state index in [9.17, 15) is 0 Å².